The number of carbonyl (C=O) groups is 2. The van der Waals surface area contributed by atoms with E-state index < -0.39 is 5.91 Å². The molecule has 0 aliphatic heterocycles. The van der Waals surface area contributed by atoms with Crippen molar-refractivity contribution in [2.45, 2.75) is 20.3 Å². The molecule has 1 N–H and O–H groups in total. The first-order valence-electron chi connectivity index (χ1n) is 6.61. The predicted molar refractivity (Wildman–Crippen MR) is 73.9 cm³/mol. The van der Waals surface area contributed by atoms with Gasteiger partial charge in [0.1, 0.15) is 0 Å². The van der Waals surface area contributed by atoms with Gasteiger partial charge in [-0.25, -0.2) is 0 Å². The van der Waals surface area contributed by atoms with Crippen LogP contribution in [0.3, 0.4) is 0 Å². The van der Waals surface area contributed by atoms with Gasteiger partial charge in [-0.05, 0) is 11.8 Å². The molecule has 0 spiro atoms. The van der Waals surface area contributed by atoms with Crippen LogP contribution in [-0.2, 0) is 23.8 Å². The zero-order valence-corrected chi connectivity index (χ0v) is 12.1. The molecule has 1 amide bonds. The molecule has 0 fully saturated rings. The number of amides is 1. The largest absolute Gasteiger partial charge is 0.465 e. The molecule has 0 aromatic rings. The van der Waals surface area contributed by atoms with Crippen LogP contribution in [0.15, 0.2) is 0 Å². The highest BCUT2D eigenvalue weighted by Gasteiger charge is 2.04. The van der Waals surface area contributed by atoms with Crippen LogP contribution in [0, 0.1) is 18.3 Å². The molecule has 6 heteroatoms. The van der Waals surface area contributed by atoms with Crippen molar-refractivity contribution in [3.05, 3.63) is 0 Å². The molecule has 0 radical (unpaired) electrons. The van der Waals surface area contributed by atoms with Crippen molar-refractivity contribution < 1.29 is 23.8 Å². The van der Waals surface area contributed by atoms with E-state index in [1.807, 2.05) is 19.8 Å². The summed E-state index contributed by atoms with van der Waals surface area (Å²) in [6.07, 6.45) is 5.11. The molecule has 6 nitrogen and oxygen atoms in total. The molecular formula is C14H23NO5. The van der Waals surface area contributed by atoms with Gasteiger partial charge in [-0.15, -0.1) is 6.42 Å². The van der Waals surface area contributed by atoms with Crippen molar-refractivity contribution in [3.63, 3.8) is 0 Å². The minimum absolute atomic E-state index is 0.241. The summed E-state index contributed by atoms with van der Waals surface area (Å²) < 4.78 is 15.4. The minimum atomic E-state index is -0.454. The highest BCUT2D eigenvalue weighted by Crippen LogP contribution is 1.95. The van der Waals surface area contributed by atoms with E-state index in [1.54, 1.807) is 0 Å². The molecular weight excluding hydrogens is 262 g/mol. The van der Waals surface area contributed by atoms with Gasteiger partial charge in [0, 0.05) is 6.54 Å². The van der Waals surface area contributed by atoms with Gasteiger partial charge in [0.2, 0.25) is 0 Å². The fourth-order valence-electron chi connectivity index (χ4n) is 1.10. The van der Waals surface area contributed by atoms with Gasteiger partial charge in [0.25, 0.3) is 5.91 Å². The second-order valence-electron chi connectivity index (χ2n) is 4.45. The standard InChI is InChI=1S/C14H23NO5/c1-4-13(16)15-6-8-19-10-9-18-7-5-14(17)20-11-12(2)3/h1,12H,5-11H2,2-3H3,(H,15,16). The topological polar surface area (TPSA) is 73.9 Å². The molecule has 0 saturated carbocycles. The minimum Gasteiger partial charge on any atom is -0.465 e. The van der Waals surface area contributed by atoms with Crippen LogP contribution in [0.1, 0.15) is 20.3 Å². The van der Waals surface area contributed by atoms with Crippen molar-refractivity contribution in [1.82, 2.24) is 5.32 Å². The summed E-state index contributed by atoms with van der Waals surface area (Å²) in [5.41, 5.74) is 0. The van der Waals surface area contributed by atoms with E-state index in [2.05, 4.69) is 5.32 Å². The van der Waals surface area contributed by atoms with Gasteiger partial charge in [-0.3, -0.25) is 9.59 Å². The fraction of sp³-hybridized carbons (Fsp3) is 0.714. The molecule has 0 atom stereocenters. The van der Waals surface area contributed by atoms with Crippen LogP contribution in [0.4, 0.5) is 0 Å². The van der Waals surface area contributed by atoms with Gasteiger partial charge in [0.05, 0.1) is 39.5 Å². The van der Waals surface area contributed by atoms with Gasteiger partial charge >= 0.3 is 5.97 Å². The van der Waals surface area contributed by atoms with Gasteiger partial charge < -0.3 is 19.5 Å². The Kier molecular flexibility index (Phi) is 11.5. The summed E-state index contributed by atoms with van der Waals surface area (Å²) in [5, 5.41) is 2.47. The van der Waals surface area contributed by atoms with Crippen LogP contribution in [0.5, 0.6) is 0 Å². The molecule has 0 unspecified atom stereocenters. The van der Waals surface area contributed by atoms with E-state index in [-0.39, 0.29) is 12.4 Å². The lowest BCUT2D eigenvalue weighted by Crippen LogP contribution is -2.26. The van der Waals surface area contributed by atoms with E-state index in [0.717, 1.165) is 0 Å². The maximum atomic E-state index is 11.2. The SMILES string of the molecule is C#CC(=O)NCCOCCOCCC(=O)OCC(C)C. The lowest BCUT2D eigenvalue weighted by Gasteiger charge is -2.08. The van der Waals surface area contributed by atoms with Gasteiger partial charge in [-0.1, -0.05) is 13.8 Å². The first-order chi connectivity index (χ1) is 9.56. The number of ether oxygens (including phenoxy) is 3. The highest BCUT2D eigenvalue weighted by molar-refractivity contribution is 5.92. The van der Waals surface area contributed by atoms with Crippen LogP contribution in [0.2, 0.25) is 0 Å². The van der Waals surface area contributed by atoms with E-state index in [4.69, 9.17) is 20.6 Å². The Bertz CT molecular complexity index is 322. The quantitative estimate of drug-likeness (QED) is 0.337. The predicted octanol–water partition coefficient (Wildman–Crippen LogP) is 0.358. The smallest absolute Gasteiger partial charge is 0.308 e. The third-order valence-corrected chi connectivity index (χ3v) is 2.06. The maximum Gasteiger partial charge on any atom is 0.308 e. The highest BCUT2D eigenvalue weighted by atomic mass is 16.5. The van der Waals surface area contributed by atoms with Crippen molar-refractivity contribution in [2.75, 3.05) is 39.6 Å². The third kappa shape index (κ3) is 12.9. The van der Waals surface area contributed by atoms with Crippen molar-refractivity contribution in [1.29, 1.82) is 0 Å². The molecule has 0 aliphatic carbocycles. The number of carbonyl (C=O) groups excluding carboxylic acids is 2. The molecule has 0 aromatic carbocycles. The van der Waals surface area contributed by atoms with Crippen LogP contribution < -0.4 is 5.32 Å². The lowest BCUT2D eigenvalue weighted by atomic mass is 10.2. The Morgan fingerprint density at radius 1 is 1.15 bits per heavy atom. The molecule has 20 heavy (non-hydrogen) atoms. The summed E-state index contributed by atoms with van der Waals surface area (Å²) in [6, 6.07) is 0. The van der Waals surface area contributed by atoms with E-state index in [1.165, 1.54) is 0 Å². The second kappa shape index (κ2) is 12.5. The number of esters is 1. The summed E-state index contributed by atoms with van der Waals surface area (Å²) in [6.45, 7) is 6.23. The Hall–Kier alpha value is -1.58. The van der Waals surface area contributed by atoms with Crippen LogP contribution in [-0.4, -0.2) is 51.5 Å². The normalized spacial score (nSPS) is 10.1. The first-order valence-corrected chi connectivity index (χ1v) is 6.61. The van der Waals surface area contributed by atoms with E-state index in [9.17, 15) is 9.59 Å². The lowest BCUT2D eigenvalue weighted by molar-refractivity contribution is -0.146. The van der Waals surface area contributed by atoms with Crippen molar-refractivity contribution >= 4 is 11.9 Å². The molecule has 0 heterocycles. The van der Waals surface area contributed by atoms with E-state index >= 15 is 0 Å². The molecule has 0 aliphatic rings. The number of hydrogen-bond donors (Lipinski definition) is 1. The Morgan fingerprint density at radius 2 is 1.80 bits per heavy atom. The average Bonchev–Trinajstić information content (AvgIpc) is 2.42. The summed E-state index contributed by atoms with van der Waals surface area (Å²) in [7, 11) is 0. The fourth-order valence-corrected chi connectivity index (χ4v) is 1.10. The Morgan fingerprint density at radius 3 is 2.40 bits per heavy atom. The van der Waals surface area contributed by atoms with Crippen LogP contribution in [0.25, 0.3) is 0 Å². The number of nitrogens with one attached hydrogen (secondary N) is 1. The van der Waals surface area contributed by atoms with Gasteiger partial charge in [-0.2, -0.15) is 0 Å². The number of rotatable bonds is 11. The Labute approximate surface area is 120 Å². The van der Waals surface area contributed by atoms with E-state index in [0.29, 0.717) is 45.5 Å². The maximum absolute atomic E-state index is 11.2. The summed E-state index contributed by atoms with van der Waals surface area (Å²) in [4.78, 5) is 21.9. The molecule has 0 aromatic heterocycles. The monoisotopic (exact) mass is 285 g/mol. The van der Waals surface area contributed by atoms with Crippen molar-refractivity contribution in [3.8, 4) is 12.3 Å². The number of terminal acetylenes is 1. The van der Waals surface area contributed by atoms with Crippen LogP contribution >= 0.6 is 0 Å². The zero-order valence-electron chi connectivity index (χ0n) is 12.1. The first kappa shape index (κ1) is 18.4. The summed E-state index contributed by atoms with van der Waals surface area (Å²) >= 11 is 0. The molecule has 114 valence electrons. The molecule has 0 bridgehead atoms. The summed E-state index contributed by atoms with van der Waals surface area (Å²) in [5.74, 6) is 1.57. The third-order valence-electron chi connectivity index (χ3n) is 2.06. The molecule has 0 saturated heterocycles. The Balaban J connectivity index is 3.23. The molecule has 0 rings (SSSR count). The zero-order chi connectivity index (χ0) is 15.2. The van der Waals surface area contributed by atoms with Gasteiger partial charge in [0.15, 0.2) is 0 Å². The second-order valence-corrected chi connectivity index (χ2v) is 4.45. The van der Waals surface area contributed by atoms with Crippen molar-refractivity contribution in [2.24, 2.45) is 5.92 Å². The number of hydrogen-bond acceptors (Lipinski definition) is 5. The average molecular weight is 285 g/mol.